The number of likely N-dealkylation sites (tertiary alicyclic amines) is 1. The minimum absolute atomic E-state index is 0.152. The van der Waals surface area contributed by atoms with Crippen LogP contribution in [-0.4, -0.2) is 41.5 Å². The zero-order chi connectivity index (χ0) is 14.0. The average molecular weight is 261 g/mol. The molecule has 1 fully saturated rings. The first-order valence-electron chi connectivity index (χ1n) is 6.99. The molecule has 0 radical (unpaired) electrons. The Bertz CT molecular complexity index is 482. The molecule has 0 saturated carbocycles. The minimum Gasteiger partial charge on any atom is -0.395 e. The number of rotatable bonds is 4. The van der Waals surface area contributed by atoms with Gasteiger partial charge in [-0.1, -0.05) is 6.07 Å². The monoisotopic (exact) mass is 261 g/mol. The fourth-order valence-electron chi connectivity index (χ4n) is 2.84. The predicted molar refractivity (Wildman–Crippen MR) is 76.7 cm³/mol. The second-order valence-corrected chi connectivity index (χ2v) is 5.62. The third-order valence-corrected chi connectivity index (χ3v) is 4.20. The van der Waals surface area contributed by atoms with Crippen molar-refractivity contribution in [2.24, 2.45) is 0 Å². The standard InChI is InChI=1S/C16H23NO2/c1-11-7-13(3)15(8-12(11)2)16(19)9-17-6-4-5-14(17)10-18/h7-8,14,18H,4-6,9-10H2,1-3H3. The Hall–Kier alpha value is -1.19. The van der Waals surface area contributed by atoms with Crippen LogP contribution in [0.15, 0.2) is 12.1 Å². The molecule has 0 aromatic heterocycles. The maximum absolute atomic E-state index is 12.4. The van der Waals surface area contributed by atoms with Gasteiger partial charge in [-0.15, -0.1) is 0 Å². The van der Waals surface area contributed by atoms with E-state index < -0.39 is 0 Å². The highest BCUT2D eigenvalue weighted by atomic mass is 16.3. The smallest absolute Gasteiger partial charge is 0.177 e. The van der Waals surface area contributed by atoms with Crippen molar-refractivity contribution in [3.05, 3.63) is 34.4 Å². The second kappa shape index (κ2) is 5.85. The third-order valence-electron chi connectivity index (χ3n) is 4.20. The molecule has 3 nitrogen and oxygen atoms in total. The first kappa shape index (κ1) is 14.2. The number of aliphatic hydroxyl groups is 1. The van der Waals surface area contributed by atoms with E-state index >= 15 is 0 Å². The van der Waals surface area contributed by atoms with Crippen LogP contribution in [-0.2, 0) is 0 Å². The maximum Gasteiger partial charge on any atom is 0.177 e. The van der Waals surface area contributed by atoms with Crippen molar-refractivity contribution < 1.29 is 9.90 Å². The summed E-state index contributed by atoms with van der Waals surface area (Å²) in [5.41, 5.74) is 4.26. The molecule has 1 aliphatic heterocycles. The molecule has 1 saturated heterocycles. The number of nitrogens with zero attached hydrogens (tertiary/aromatic N) is 1. The summed E-state index contributed by atoms with van der Waals surface area (Å²) in [6.45, 7) is 7.60. The lowest BCUT2D eigenvalue weighted by molar-refractivity contribution is 0.0887. The molecular formula is C16H23NO2. The van der Waals surface area contributed by atoms with Gasteiger partial charge in [0.15, 0.2) is 5.78 Å². The number of aryl methyl sites for hydroxylation is 3. The minimum atomic E-state index is 0.152. The summed E-state index contributed by atoms with van der Waals surface area (Å²) < 4.78 is 0. The Balaban J connectivity index is 2.14. The molecule has 19 heavy (non-hydrogen) atoms. The van der Waals surface area contributed by atoms with E-state index in [0.29, 0.717) is 6.54 Å². The van der Waals surface area contributed by atoms with Crippen molar-refractivity contribution in [3.63, 3.8) is 0 Å². The van der Waals surface area contributed by atoms with Crippen LogP contribution in [0.5, 0.6) is 0 Å². The zero-order valence-corrected chi connectivity index (χ0v) is 12.1. The van der Waals surface area contributed by atoms with Crippen LogP contribution in [0.2, 0.25) is 0 Å². The summed E-state index contributed by atoms with van der Waals surface area (Å²) in [4.78, 5) is 14.5. The van der Waals surface area contributed by atoms with Crippen LogP contribution < -0.4 is 0 Å². The predicted octanol–water partition coefficient (Wildman–Crippen LogP) is 2.25. The van der Waals surface area contributed by atoms with Gasteiger partial charge in [0.2, 0.25) is 0 Å². The lowest BCUT2D eigenvalue weighted by Crippen LogP contribution is -2.36. The van der Waals surface area contributed by atoms with E-state index in [1.54, 1.807) is 0 Å². The highest BCUT2D eigenvalue weighted by molar-refractivity contribution is 5.99. The van der Waals surface area contributed by atoms with E-state index in [0.717, 1.165) is 36.1 Å². The summed E-state index contributed by atoms with van der Waals surface area (Å²) in [6.07, 6.45) is 2.07. The Kier molecular flexibility index (Phi) is 4.38. The molecule has 1 aliphatic rings. The van der Waals surface area contributed by atoms with Crippen LogP contribution in [0.4, 0.5) is 0 Å². The Morgan fingerprint density at radius 3 is 2.63 bits per heavy atom. The molecule has 1 N–H and O–H groups in total. The molecule has 2 rings (SSSR count). The number of benzene rings is 1. The van der Waals surface area contributed by atoms with Crippen LogP contribution in [0, 0.1) is 20.8 Å². The normalized spacial score (nSPS) is 19.9. The molecule has 1 heterocycles. The molecule has 1 atom stereocenters. The highest BCUT2D eigenvalue weighted by Crippen LogP contribution is 2.20. The summed E-state index contributed by atoms with van der Waals surface area (Å²) in [6, 6.07) is 4.24. The van der Waals surface area contributed by atoms with E-state index in [9.17, 15) is 9.90 Å². The molecule has 0 amide bonds. The lowest BCUT2D eigenvalue weighted by atomic mass is 9.98. The van der Waals surface area contributed by atoms with Gasteiger partial charge in [0.05, 0.1) is 13.2 Å². The first-order valence-corrected chi connectivity index (χ1v) is 6.99. The number of carbonyl (C=O) groups excluding carboxylic acids is 1. The van der Waals surface area contributed by atoms with Gasteiger partial charge >= 0.3 is 0 Å². The molecule has 0 spiro atoms. The van der Waals surface area contributed by atoms with Crippen molar-refractivity contribution in [2.75, 3.05) is 19.7 Å². The van der Waals surface area contributed by atoms with Crippen LogP contribution in [0.25, 0.3) is 0 Å². The molecule has 1 aromatic carbocycles. The van der Waals surface area contributed by atoms with E-state index in [1.807, 2.05) is 19.9 Å². The summed E-state index contributed by atoms with van der Waals surface area (Å²) in [5, 5.41) is 9.30. The van der Waals surface area contributed by atoms with Crippen molar-refractivity contribution in [1.29, 1.82) is 0 Å². The number of Topliss-reactive ketones (excluding diaryl/α,β-unsaturated/α-hetero) is 1. The molecule has 0 bridgehead atoms. The van der Waals surface area contributed by atoms with Gasteiger partial charge in [-0.3, -0.25) is 9.69 Å². The quantitative estimate of drug-likeness (QED) is 0.845. The third kappa shape index (κ3) is 3.04. The molecule has 3 heteroatoms. The molecule has 1 aromatic rings. The number of carbonyl (C=O) groups is 1. The van der Waals surface area contributed by atoms with Crippen LogP contribution in [0.3, 0.4) is 0 Å². The van der Waals surface area contributed by atoms with Crippen molar-refractivity contribution in [1.82, 2.24) is 4.90 Å². The van der Waals surface area contributed by atoms with E-state index in [-0.39, 0.29) is 18.4 Å². The summed E-state index contributed by atoms with van der Waals surface area (Å²) in [5.74, 6) is 0.168. The topological polar surface area (TPSA) is 40.5 Å². The number of ketones is 1. The lowest BCUT2D eigenvalue weighted by Gasteiger charge is -2.22. The van der Waals surface area contributed by atoms with Crippen molar-refractivity contribution in [2.45, 2.75) is 39.7 Å². The fraction of sp³-hybridized carbons (Fsp3) is 0.562. The van der Waals surface area contributed by atoms with Crippen molar-refractivity contribution in [3.8, 4) is 0 Å². The average Bonchev–Trinajstić information content (AvgIpc) is 2.80. The van der Waals surface area contributed by atoms with Gasteiger partial charge in [0, 0.05) is 11.6 Å². The van der Waals surface area contributed by atoms with Crippen LogP contribution >= 0.6 is 0 Å². The summed E-state index contributed by atoms with van der Waals surface area (Å²) in [7, 11) is 0. The molecular weight excluding hydrogens is 238 g/mol. The number of hydrogen-bond donors (Lipinski definition) is 1. The summed E-state index contributed by atoms with van der Waals surface area (Å²) >= 11 is 0. The number of hydrogen-bond acceptors (Lipinski definition) is 3. The van der Waals surface area contributed by atoms with E-state index in [2.05, 4.69) is 17.9 Å². The van der Waals surface area contributed by atoms with Gasteiger partial charge in [-0.25, -0.2) is 0 Å². The SMILES string of the molecule is Cc1cc(C)c(C(=O)CN2CCCC2CO)cc1C. The Labute approximate surface area is 115 Å². The van der Waals surface area contributed by atoms with Gasteiger partial charge in [0.25, 0.3) is 0 Å². The number of aliphatic hydroxyl groups excluding tert-OH is 1. The van der Waals surface area contributed by atoms with E-state index in [4.69, 9.17) is 0 Å². The Morgan fingerprint density at radius 2 is 1.95 bits per heavy atom. The Morgan fingerprint density at radius 1 is 1.26 bits per heavy atom. The van der Waals surface area contributed by atoms with Gasteiger partial charge < -0.3 is 5.11 Å². The van der Waals surface area contributed by atoms with Gasteiger partial charge in [-0.2, -0.15) is 0 Å². The van der Waals surface area contributed by atoms with Crippen LogP contribution in [0.1, 0.15) is 39.9 Å². The largest absolute Gasteiger partial charge is 0.395 e. The molecule has 0 aliphatic carbocycles. The molecule has 104 valence electrons. The maximum atomic E-state index is 12.4. The highest BCUT2D eigenvalue weighted by Gasteiger charge is 2.26. The molecule has 1 unspecified atom stereocenters. The van der Waals surface area contributed by atoms with E-state index in [1.165, 1.54) is 5.56 Å². The first-order chi connectivity index (χ1) is 9.02. The van der Waals surface area contributed by atoms with Crippen molar-refractivity contribution >= 4 is 5.78 Å². The second-order valence-electron chi connectivity index (χ2n) is 5.62. The van der Waals surface area contributed by atoms with Gasteiger partial charge in [0.1, 0.15) is 0 Å². The van der Waals surface area contributed by atoms with Gasteiger partial charge in [-0.05, 0) is 62.9 Å². The fourth-order valence-corrected chi connectivity index (χ4v) is 2.84. The zero-order valence-electron chi connectivity index (χ0n) is 12.1.